The molecule has 0 aromatic heterocycles. The summed E-state index contributed by atoms with van der Waals surface area (Å²) < 4.78 is 13.1. The van der Waals surface area contributed by atoms with Gasteiger partial charge in [0.25, 0.3) is 5.91 Å². The van der Waals surface area contributed by atoms with Crippen LogP contribution in [0, 0.1) is 5.82 Å². The number of hydrogen-bond acceptors (Lipinski definition) is 3. The molecule has 0 aliphatic carbocycles. The van der Waals surface area contributed by atoms with E-state index in [9.17, 15) is 9.18 Å². The van der Waals surface area contributed by atoms with Crippen LogP contribution in [0.5, 0.6) is 0 Å². The number of carbonyl (C=O) groups is 1. The van der Waals surface area contributed by atoms with Gasteiger partial charge in [0.05, 0.1) is 0 Å². The van der Waals surface area contributed by atoms with E-state index in [1.165, 1.54) is 24.6 Å². The summed E-state index contributed by atoms with van der Waals surface area (Å²) in [6.45, 7) is 1.69. The van der Waals surface area contributed by atoms with Crippen LogP contribution in [-0.4, -0.2) is 24.0 Å². The molecule has 92 valence electrons. The zero-order valence-electron chi connectivity index (χ0n) is 9.58. The van der Waals surface area contributed by atoms with Gasteiger partial charge in [0.1, 0.15) is 5.82 Å². The molecule has 4 nitrogen and oxygen atoms in total. The Labute approximate surface area is 99.6 Å². The Morgan fingerprint density at radius 1 is 1.24 bits per heavy atom. The third-order valence-corrected chi connectivity index (χ3v) is 2.80. The normalized spacial score (nSPS) is 16.8. The number of nitrogens with two attached hydrogens (primary N) is 1. The third-order valence-electron chi connectivity index (χ3n) is 2.80. The first-order valence-electron chi connectivity index (χ1n) is 5.77. The molecule has 2 rings (SSSR count). The molecule has 0 radical (unpaired) electrons. The Bertz CT molecular complexity index is 396. The van der Waals surface area contributed by atoms with Crippen LogP contribution in [0.4, 0.5) is 10.1 Å². The second-order valence-corrected chi connectivity index (χ2v) is 4.26. The number of nitrogen functional groups attached to an aromatic ring is 1. The molecule has 0 bridgehead atoms. The lowest BCUT2D eigenvalue weighted by Gasteiger charge is -2.26. The summed E-state index contributed by atoms with van der Waals surface area (Å²) in [7, 11) is 0. The molecule has 3 N–H and O–H groups in total. The Morgan fingerprint density at radius 3 is 2.59 bits per heavy atom. The predicted octanol–water partition coefficient (Wildman–Crippen LogP) is 1.54. The lowest BCUT2D eigenvalue weighted by molar-refractivity contribution is 0.0749. The van der Waals surface area contributed by atoms with Crippen LogP contribution < -0.4 is 11.2 Å². The average Bonchev–Trinajstić information content (AvgIpc) is 2.29. The van der Waals surface area contributed by atoms with E-state index in [0.717, 1.165) is 25.9 Å². The largest absolute Gasteiger partial charge is 0.399 e. The van der Waals surface area contributed by atoms with Gasteiger partial charge in [-0.25, -0.2) is 9.40 Å². The lowest BCUT2D eigenvalue weighted by Crippen LogP contribution is -2.45. The SMILES string of the molecule is Nc1cc(F)cc(C(=O)NN2CCCCC2)c1. The zero-order valence-corrected chi connectivity index (χ0v) is 9.58. The fourth-order valence-corrected chi connectivity index (χ4v) is 1.96. The minimum atomic E-state index is -0.492. The predicted molar refractivity (Wildman–Crippen MR) is 63.7 cm³/mol. The Morgan fingerprint density at radius 2 is 1.94 bits per heavy atom. The number of amides is 1. The number of hydrazine groups is 1. The van der Waals surface area contributed by atoms with Crippen molar-refractivity contribution in [1.29, 1.82) is 0 Å². The van der Waals surface area contributed by atoms with Crippen molar-refractivity contribution in [1.82, 2.24) is 10.4 Å². The van der Waals surface area contributed by atoms with E-state index in [2.05, 4.69) is 5.43 Å². The van der Waals surface area contributed by atoms with Gasteiger partial charge in [-0.2, -0.15) is 0 Å². The van der Waals surface area contributed by atoms with Crippen LogP contribution >= 0.6 is 0 Å². The van der Waals surface area contributed by atoms with Gasteiger partial charge in [0.2, 0.25) is 0 Å². The monoisotopic (exact) mass is 237 g/mol. The third kappa shape index (κ3) is 3.17. The van der Waals surface area contributed by atoms with Crippen molar-refractivity contribution in [2.45, 2.75) is 19.3 Å². The highest BCUT2D eigenvalue weighted by Gasteiger charge is 2.14. The quantitative estimate of drug-likeness (QED) is 0.767. The number of nitrogens with zero attached hydrogens (tertiary/aromatic N) is 1. The molecule has 0 spiro atoms. The maximum Gasteiger partial charge on any atom is 0.265 e. The van der Waals surface area contributed by atoms with E-state index < -0.39 is 5.82 Å². The van der Waals surface area contributed by atoms with Crippen molar-refractivity contribution < 1.29 is 9.18 Å². The highest BCUT2D eigenvalue weighted by atomic mass is 19.1. The molecule has 1 fully saturated rings. The van der Waals surface area contributed by atoms with Crippen LogP contribution in [0.1, 0.15) is 29.6 Å². The summed E-state index contributed by atoms with van der Waals surface area (Å²) in [4.78, 5) is 11.8. The van der Waals surface area contributed by atoms with E-state index in [1.54, 1.807) is 0 Å². The Hall–Kier alpha value is -1.62. The number of anilines is 1. The molecule has 0 atom stereocenters. The number of nitrogens with one attached hydrogen (secondary N) is 1. The molecule has 1 saturated heterocycles. The molecule has 0 unspecified atom stereocenters. The van der Waals surface area contributed by atoms with E-state index in [4.69, 9.17) is 5.73 Å². The lowest BCUT2D eigenvalue weighted by atomic mass is 10.1. The molecule has 1 heterocycles. The average molecular weight is 237 g/mol. The molecule has 5 heteroatoms. The highest BCUT2D eigenvalue weighted by Crippen LogP contribution is 2.12. The van der Waals surface area contributed by atoms with Crippen LogP contribution in [-0.2, 0) is 0 Å². The van der Waals surface area contributed by atoms with Crippen molar-refractivity contribution in [3.8, 4) is 0 Å². The molecule has 1 aromatic rings. The molecule has 17 heavy (non-hydrogen) atoms. The van der Waals surface area contributed by atoms with E-state index in [0.29, 0.717) is 0 Å². The summed E-state index contributed by atoms with van der Waals surface area (Å²) >= 11 is 0. The van der Waals surface area contributed by atoms with Crippen molar-refractivity contribution in [3.05, 3.63) is 29.6 Å². The van der Waals surface area contributed by atoms with E-state index in [-0.39, 0.29) is 17.2 Å². The summed E-state index contributed by atoms with van der Waals surface area (Å²) in [5.74, 6) is -0.799. The second kappa shape index (κ2) is 5.14. The van der Waals surface area contributed by atoms with Crippen molar-refractivity contribution in [2.24, 2.45) is 0 Å². The fraction of sp³-hybridized carbons (Fsp3) is 0.417. The smallest absolute Gasteiger partial charge is 0.265 e. The van der Waals surface area contributed by atoms with Gasteiger partial charge >= 0.3 is 0 Å². The maximum absolute atomic E-state index is 13.1. The molecular weight excluding hydrogens is 221 g/mol. The van der Waals surface area contributed by atoms with E-state index in [1.807, 2.05) is 5.01 Å². The summed E-state index contributed by atoms with van der Waals surface area (Å²) in [6.07, 6.45) is 3.34. The van der Waals surface area contributed by atoms with Crippen molar-refractivity contribution in [3.63, 3.8) is 0 Å². The van der Waals surface area contributed by atoms with Gasteiger partial charge in [0, 0.05) is 24.3 Å². The second-order valence-electron chi connectivity index (χ2n) is 4.26. The molecular formula is C12H16FN3O. The molecule has 1 aromatic carbocycles. The van der Waals surface area contributed by atoms with Crippen LogP contribution in [0.2, 0.25) is 0 Å². The van der Waals surface area contributed by atoms with Gasteiger partial charge in [-0.3, -0.25) is 10.2 Å². The van der Waals surface area contributed by atoms with Gasteiger partial charge in [-0.15, -0.1) is 0 Å². The first-order valence-corrected chi connectivity index (χ1v) is 5.77. The number of halogens is 1. The minimum Gasteiger partial charge on any atom is -0.399 e. The number of rotatable bonds is 2. The maximum atomic E-state index is 13.1. The van der Waals surface area contributed by atoms with Crippen LogP contribution in [0.25, 0.3) is 0 Å². The van der Waals surface area contributed by atoms with Gasteiger partial charge in [-0.05, 0) is 31.0 Å². The van der Waals surface area contributed by atoms with Gasteiger partial charge in [-0.1, -0.05) is 6.42 Å². The first kappa shape index (κ1) is 11.9. The summed E-state index contributed by atoms with van der Waals surface area (Å²) in [6, 6.07) is 3.86. The van der Waals surface area contributed by atoms with Crippen molar-refractivity contribution in [2.75, 3.05) is 18.8 Å². The van der Waals surface area contributed by atoms with Gasteiger partial charge in [0.15, 0.2) is 0 Å². The molecule has 0 saturated carbocycles. The topological polar surface area (TPSA) is 58.4 Å². The summed E-state index contributed by atoms with van der Waals surface area (Å²) in [5.41, 5.74) is 8.77. The minimum absolute atomic E-state index is 0.257. The number of piperidine rings is 1. The molecule has 1 aliphatic heterocycles. The number of benzene rings is 1. The molecule has 1 aliphatic rings. The van der Waals surface area contributed by atoms with E-state index >= 15 is 0 Å². The molecule has 1 amide bonds. The number of hydrogen-bond donors (Lipinski definition) is 2. The standard InChI is InChI=1S/C12H16FN3O/c13-10-6-9(7-11(14)8-10)12(17)15-16-4-2-1-3-5-16/h6-8H,1-5,14H2,(H,15,17). The highest BCUT2D eigenvalue weighted by molar-refractivity contribution is 5.94. The van der Waals surface area contributed by atoms with Gasteiger partial charge < -0.3 is 5.73 Å². The van der Waals surface area contributed by atoms with Crippen LogP contribution in [0.15, 0.2) is 18.2 Å². The Kier molecular flexibility index (Phi) is 3.58. The Balaban J connectivity index is 2.03. The van der Waals surface area contributed by atoms with Crippen molar-refractivity contribution >= 4 is 11.6 Å². The number of carbonyl (C=O) groups excluding carboxylic acids is 1. The fourth-order valence-electron chi connectivity index (χ4n) is 1.96. The van der Waals surface area contributed by atoms with Crippen LogP contribution in [0.3, 0.4) is 0 Å². The first-order chi connectivity index (χ1) is 8.15. The summed E-state index contributed by atoms with van der Waals surface area (Å²) in [5, 5.41) is 1.87. The zero-order chi connectivity index (χ0) is 12.3.